The van der Waals surface area contributed by atoms with E-state index in [0.29, 0.717) is 19.0 Å². The monoisotopic (exact) mass is 324 g/mol. The molecule has 1 heterocycles. The molecule has 1 aliphatic heterocycles. The molecule has 1 saturated heterocycles. The lowest BCUT2D eigenvalue weighted by Gasteiger charge is -2.27. The highest BCUT2D eigenvalue weighted by Crippen LogP contribution is 2.17. The predicted octanol–water partition coefficient (Wildman–Crippen LogP) is 1.61. The van der Waals surface area contributed by atoms with Crippen molar-refractivity contribution in [3.8, 4) is 0 Å². The summed E-state index contributed by atoms with van der Waals surface area (Å²) in [5.41, 5.74) is 0. The number of hydrogen-bond acceptors (Lipinski definition) is 3. The van der Waals surface area contributed by atoms with Crippen molar-refractivity contribution in [3.63, 3.8) is 0 Å². The second kappa shape index (κ2) is 10.5. The zero-order valence-corrected chi connectivity index (χ0v) is 14.2. The van der Waals surface area contributed by atoms with Crippen LogP contribution < -0.4 is 16.0 Å². The number of piperazine rings is 1. The number of rotatable bonds is 7. The van der Waals surface area contributed by atoms with Gasteiger partial charge in [-0.2, -0.15) is 0 Å². The van der Waals surface area contributed by atoms with Gasteiger partial charge < -0.3 is 20.9 Å². The van der Waals surface area contributed by atoms with Crippen molar-refractivity contribution in [3.05, 3.63) is 0 Å². The molecule has 0 bridgehead atoms. The van der Waals surface area contributed by atoms with Crippen LogP contribution in [0.5, 0.6) is 0 Å². The molecule has 0 atom stereocenters. The molecule has 0 aromatic rings. The zero-order chi connectivity index (χ0) is 16.3. The van der Waals surface area contributed by atoms with Crippen molar-refractivity contribution in [2.45, 2.75) is 63.8 Å². The van der Waals surface area contributed by atoms with E-state index in [1.807, 2.05) is 4.90 Å². The number of urea groups is 1. The van der Waals surface area contributed by atoms with Crippen molar-refractivity contribution < 1.29 is 9.59 Å². The van der Waals surface area contributed by atoms with Gasteiger partial charge in [-0.05, 0) is 25.7 Å². The van der Waals surface area contributed by atoms with Crippen LogP contribution >= 0.6 is 0 Å². The van der Waals surface area contributed by atoms with E-state index in [9.17, 15) is 9.59 Å². The normalized spacial score (nSPS) is 19.4. The first-order valence-electron chi connectivity index (χ1n) is 9.28. The van der Waals surface area contributed by atoms with Crippen molar-refractivity contribution in [1.82, 2.24) is 20.9 Å². The van der Waals surface area contributed by atoms with E-state index < -0.39 is 0 Å². The molecule has 0 spiro atoms. The fourth-order valence-electron chi connectivity index (χ4n) is 3.34. The molecule has 132 valence electrons. The smallest absolute Gasteiger partial charge is 0.315 e. The Hall–Kier alpha value is -1.30. The van der Waals surface area contributed by atoms with Gasteiger partial charge in [0.25, 0.3) is 0 Å². The lowest BCUT2D eigenvalue weighted by molar-refractivity contribution is -0.131. The van der Waals surface area contributed by atoms with E-state index in [0.717, 1.165) is 58.3 Å². The molecule has 2 fully saturated rings. The molecule has 1 saturated carbocycles. The number of carbonyl (C=O) groups excluding carboxylic acids is 2. The van der Waals surface area contributed by atoms with Gasteiger partial charge in [0, 0.05) is 45.2 Å². The first-order chi connectivity index (χ1) is 11.3. The van der Waals surface area contributed by atoms with Crippen LogP contribution in [0.15, 0.2) is 0 Å². The van der Waals surface area contributed by atoms with Gasteiger partial charge in [-0.15, -0.1) is 0 Å². The van der Waals surface area contributed by atoms with E-state index in [1.54, 1.807) is 0 Å². The molecule has 3 amide bonds. The molecular weight excluding hydrogens is 292 g/mol. The van der Waals surface area contributed by atoms with Crippen LogP contribution in [0.4, 0.5) is 4.79 Å². The van der Waals surface area contributed by atoms with Gasteiger partial charge in [-0.3, -0.25) is 4.79 Å². The van der Waals surface area contributed by atoms with Crippen molar-refractivity contribution in [1.29, 1.82) is 0 Å². The first-order valence-corrected chi connectivity index (χ1v) is 9.28. The maximum absolute atomic E-state index is 12.0. The van der Waals surface area contributed by atoms with Crippen LogP contribution in [-0.2, 0) is 4.79 Å². The number of hydrogen-bond donors (Lipinski definition) is 3. The van der Waals surface area contributed by atoms with E-state index in [2.05, 4.69) is 16.0 Å². The van der Waals surface area contributed by atoms with Gasteiger partial charge in [0.05, 0.1) is 0 Å². The standard InChI is InChI=1S/C17H32N4O2/c22-16(21-13-11-18-12-14-21)9-5-2-6-10-19-17(23)20-15-7-3-1-4-8-15/h15,18H,1-14H2,(H2,19,20,23). The van der Waals surface area contributed by atoms with Crippen LogP contribution in [0.2, 0.25) is 0 Å². The zero-order valence-electron chi connectivity index (χ0n) is 14.2. The van der Waals surface area contributed by atoms with E-state index in [4.69, 9.17) is 0 Å². The molecule has 6 heteroatoms. The van der Waals surface area contributed by atoms with Crippen molar-refractivity contribution in [2.75, 3.05) is 32.7 Å². The Morgan fingerprint density at radius 3 is 2.48 bits per heavy atom. The fourth-order valence-corrected chi connectivity index (χ4v) is 3.34. The van der Waals surface area contributed by atoms with E-state index in [1.165, 1.54) is 19.3 Å². The third kappa shape index (κ3) is 7.20. The third-order valence-corrected chi connectivity index (χ3v) is 4.76. The molecule has 1 aliphatic carbocycles. The van der Waals surface area contributed by atoms with Crippen LogP contribution in [0.1, 0.15) is 57.8 Å². The lowest BCUT2D eigenvalue weighted by atomic mass is 9.96. The Morgan fingerprint density at radius 1 is 1.00 bits per heavy atom. The topological polar surface area (TPSA) is 73.5 Å². The quantitative estimate of drug-likeness (QED) is 0.623. The minimum atomic E-state index is -0.0335. The largest absolute Gasteiger partial charge is 0.340 e. The van der Waals surface area contributed by atoms with Crippen molar-refractivity contribution >= 4 is 11.9 Å². The number of amides is 3. The molecule has 0 radical (unpaired) electrons. The van der Waals surface area contributed by atoms with Gasteiger partial charge in [0.1, 0.15) is 0 Å². The fraction of sp³-hybridized carbons (Fsp3) is 0.882. The molecular formula is C17H32N4O2. The lowest BCUT2D eigenvalue weighted by Crippen LogP contribution is -2.46. The minimum absolute atomic E-state index is 0.0335. The number of carbonyl (C=O) groups is 2. The summed E-state index contributed by atoms with van der Waals surface area (Å²) in [5, 5.41) is 9.24. The SMILES string of the molecule is O=C(NCCCCCC(=O)N1CCNCC1)NC1CCCCC1. The van der Waals surface area contributed by atoms with Gasteiger partial charge in [0.2, 0.25) is 5.91 Å². The summed E-state index contributed by atoms with van der Waals surface area (Å²) < 4.78 is 0. The van der Waals surface area contributed by atoms with Crippen LogP contribution in [-0.4, -0.2) is 55.6 Å². The maximum Gasteiger partial charge on any atom is 0.315 e. The summed E-state index contributed by atoms with van der Waals surface area (Å²) in [6.45, 7) is 4.18. The van der Waals surface area contributed by atoms with Gasteiger partial charge in [-0.25, -0.2) is 4.79 Å². The van der Waals surface area contributed by atoms with Gasteiger partial charge in [0.15, 0.2) is 0 Å². The molecule has 0 aromatic heterocycles. The van der Waals surface area contributed by atoms with E-state index >= 15 is 0 Å². The molecule has 2 aliphatic rings. The average Bonchev–Trinajstić information content (AvgIpc) is 2.59. The second-order valence-corrected chi connectivity index (χ2v) is 6.68. The highest BCUT2D eigenvalue weighted by atomic mass is 16.2. The van der Waals surface area contributed by atoms with Crippen LogP contribution in [0.3, 0.4) is 0 Å². The Kier molecular flexibility index (Phi) is 8.21. The van der Waals surface area contributed by atoms with Crippen LogP contribution in [0, 0.1) is 0 Å². The summed E-state index contributed by atoms with van der Waals surface area (Å²) in [6.07, 6.45) is 9.45. The Labute approximate surface area is 139 Å². The minimum Gasteiger partial charge on any atom is -0.340 e. The van der Waals surface area contributed by atoms with Gasteiger partial charge in [-0.1, -0.05) is 25.7 Å². The summed E-state index contributed by atoms with van der Waals surface area (Å²) in [7, 11) is 0. The summed E-state index contributed by atoms with van der Waals surface area (Å²) in [6, 6.07) is 0.328. The Balaban J connectivity index is 1.44. The van der Waals surface area contributed by atoms with Gasteiger partial charge >= 0.3 is 6.03 Å². The Morgan fingerprint density at radius 2 is 1.74 bits per heavy atom. The van der Waals surface area contributed by atoms with E-state index in [-0.39, 0.29) is 11.9 Å². The second-order valence-electron chi connectivity index (χ2n) is 6.68. The Bertz CT molecular complexity index is 364. The molecule has 0 unspecified atom stereocenters. The highest BCUT2D eigenvalue weighted by Gasteiger charge is 2.16. The summed E-state index contributed by atoms with van der Waals surface area (Å²) in [5.74, 6) is 0.273. The number of unbranched alkanes of at least 4 members (excludes halogenated alkanes) is 2. The number of nitrogens with one attached hydrogen (secondary N) is 3. The molecule has 2 rings (SSSR count). The average molecular weight is 324 g/mol. The summed E-state index contributed by atoms with van der Waals surface area (Å²) >= 11 is 0. The third-order valence-electron chi connectivity index (χ3n) is 4.76. The predicted molar refractivity (Wildman–Crippen MR) is 91.3 cm³/mol. The summed E-state index contributed by atoms with van der Waals surface area (Å²) in [4.78, 5) is 25.7. The molecule has 6 nitrogen and oxygen atoms in total. The highest BCUT2D eigenvalue weighted by molar-refractivity contribution is 5.76. The molecule has 23 heavy (non-hydrogen) atoms. The molecule has 3 N–H and O–H groups in total. The van der Waals surface area contributed by atoms with Crippen LogP contribution in [0.25, 0.3) is 0 Å². The first kappa shape index (κ1) is 18.0. The molecule has 0 aromatic carbocycles. The maximum atomic E-state index is 12.0. The number of nitrogens with zero attached hydrogens (tertiary/aromatic N) is 1. The van der Waals surface area contributed by atoms with Crippen molar-refractivity contribution in [2.24, 2.45) is 0 Å².